The van der Waals surface area contributed by atoms with E-state index >= 15 is 0 Å². The second-order valence-corrected chi connectivity index (χ2v) is 6.83. The van der Waals surface area contributed by atoms with Crippen molar-refractivity contribution in [3.8, 4) is 0 Å². The Bertz CT molecular complexity index is 397. The van der Waals surface area contributed by atoms with Gasteiger partial charge in [-0.2, -0.15) is 0 Å². The number of halogens is 3. The first-order valence-electron chi connectivity index (χ1n) is 3.21. The van der Waals surface area contributed by atoms with Gasteiger partial charge in [0.15, 0.2) is 0 Å². The Morgan fingerprint density at radius 2 is 1.92 bits per heavy atom. The van der Waals surface area contributed by atoms with Crippen molar-refractivity contribution in [1.29, 1.82) is 0 Å². The fourth-order valence-corrected chi connectivity index (χ4v) is 3.57. The maximum atomic E-state index is 3.51. The molecule has 62 valence electrons. The first-order valence-corrected chi connectivity index (χ1v) is 6.69. The molecule has 2 aromatic rings. The molecule has 0 amide bonds. The van der Waals surface area contributed by atoms with Gasteiger partial charge < -0.3 is 0 Å². The van der Waals surface area contributed by atoms with Crippen LogP contribution in [0.15, 0.2) is 26.5 Å². The normalized spacial score (nSPS) is 10.9. The van der Waals surface area contributed by atoms with Gasteiger partial charge in [-0.05, 0) is 78.0 Å². The molecule has 0 saturated heterocycles. The van der Waals surface area contributed by atoms with Crippen LogP contribution in [0.1, 0.15) is 0 Å². The highest BCUT2D eigenvalue weighted by Crippen LogP contribution is 2.33. The monoisotopic (exact) mass is 416 g/mol. The Labute approximate surface area is 105 Å². The molecule has 0 aliphatic heterocycles. The molecular formula is C8H3Br2IS. The lowest BCUT2D eigenvalue weighted by Gasteiger charge is -1.94. The molecule has 0 saturated carbocycles. The first-order chi connectivity index (χ1) is 5.66. The van der Waals surface area contributed by atoms with Gasteiger partial charge in [-0.3, -0.25) is 0 Å². The summed E-state index contributed by atoms with van der Waals surface area (Å²) in [7, 11) is 0. The smallest absolute Gasteiger partial charge is 0.0711 e. The van der Waals surface area contributed by atoms with E-state index in [-0.39, 0.29) is 0 Å². The minimum Gasteiger partial charge on any atom is -0.128 e. The second-order valence-electron chi connectivity index (χ2n) is 2.35. The molecule has 0 spiro atoms. The van der Waals surface area contributed by atoms with Crippen LogP contribution in [0.25, 0.3) is 10.1 Å². The molecule has 0 aliphatic carbocycles. The maximum Gasteiger partial charge on any atom is 0.0711 e. The summed E-state index contributed by atoms with van der Waals surface area (Å²) >= 11 is 11.1. The van der Waals surface area contributed by atoms with Crippen molar-refractivity contribution >= 4 is 75.9 Å². The number of rotatable bonds is 0. The van der Waals surface area contributed by atoms with Crippen LogP contribution < -0.4 is 0 Å². The summed E-state index contributed by atoms with van der Waals surface area (Å²) in [5.41, 5.74) is 0. The van der Waals surface area contributed by atoms with Crippen LogP contribution in [0.5, 0.6) is 0 Å². The van der Waals surface area contributed by atoms with Crippen molar-refractivity contribution in [2.75, 3.05) is 0 Å². The minimum atomic E-state index is 1.17. The van der Waals surface area contributed by atoms with Gasteiger partial charge in [0.2, 0.25) is 0 Å². The van der Waals surface area contributed by atoms with Gasteiger partial charge in [0.05, 0.1) is 3.79 Å². The van der Waals surface area contributed by atoms with Crippen LogP contribution in [-0.2, 0) is 0 Å². The third kappa shape index (κ3) is 1.71. The highest BCUT2D eigenvalue weighted by molar-refractivity contribution is 14.1. The van der Waals surface area contributed by atoms with Crippen molar-refractivity contribution < 1.29 is 0 Å². The molecule has 0 aliphatic rings. The second kappa shape index (κ2) is 3.55. The molecule has 0 bridgehead atoms. The SMILES string of the molecule is Brc1cc2cc(I)c(Br)cc2s1. The molecule has 0 unspecified atom stereocenters. The van der Waals surface area contributed by atoms with Crippen molar-refractivity contribution in [1.82, 2.24) is 0 Å². The summed E-state index contributed by atoms with van der Waals surface area (Å²) in [6.45, 7) is 0. The zero-order valence-electron chi connectivity index (χ0n) is 5.77. The molecule has 0 atom stereocenters. The summed E-state index contributed by atoms with van der Waals surface area (Å²) in [4.78, 5) is 0. The van der Waals surface area contributed by atoms with Crippen LogP contribution in [0.3, 0.4) is 0 Å². The lowest BCUT2D eigenvalue weighted by atomic mass is 10.3. The van der Waals surface area contributed by atoms with E-state index in [4.69, 9.17) is 0 Å². The van der Waals surface area contributed by atoms with Gasteiger partial charge in [-0.25, -0.2) is 0 Å². The summed E-state index contributed by atoms with van der Waals surface area (Å²) in [5.74, 6) is 0. The maximum absolute atomic E-state index is 3.51. The summed E-state index contributed by atoms with van der Waals surface area (Å²) in [5, 5.41) is 1.31. The van der Waals surface area contributed by atoms with Crippen molar-refractivity contribution in [2.24, 2.45) is 0 Å². The summed E-state index contributed by atoms with van der Waals surface area (Å²) < 4.78 is 4.93. The van der Waals surface area contributed by atoms with Crippen LogP contribution in [0, 0.1) is 3.57 Å². The van der Waals surface area contributed by atoms with Gasteiger partial charge in [0, 0.05) is 12.7 Å². The average molecular weight is 418 g/mol. The highest BCUT2D eigenvalue weighted by Gasteiger charge is 2.02. The van der Waals surface area contributed by atoms with E-state index < -0.39 is 0 Å². The summed E-state index contributed by atoms with van der Waals surface area (Å²) in [6, 6.07) is 6.49. The lowest BCUT2D eigenvalue weighted by molar-refractivity contribution is 1.68. The Hall–Kier alpha value is 0.870. The van der Waals surface area contributed by atoms with Crippen LogP contribution >= 0.6 is 65.8 Å². The standard InChI is InChI=1S/C8H3Br2IS/c9-5-3-7-4(1-6(5)11)2-8(10)12-7/h1-3H. The molecule has 0 N–H and O–H groups in total. The number of hydrogen-bond donors (Lipinski definition) is 0. The molecule has 0 nitrogen and oxygen atoms in total. The van der Waals surface area contributed by atoms with Crippen molar-refractivity contribution in [2.45, 2.75) is 0 Å². The molecule has 1 heterocycles. The molecule has 4 heteroatoms. The van der Waals surface area contributed by atoms with Gasteiger partial charge in [0.25, 0.3) is 0 Å². The van der Waals surface area contributed by atoms with E-state index in [0.717, 1.165) is 0 Å². The van der Waals surface area contributed by atoms with Crippen LogP contribution in [0.2, 0.25) is 0 Å². The van der Waals surface area contributed by atoms with E-state index in [1.165, 1.54) is 21.9 Å². The Balaban J connectivity index is 2.83. The van der Waals surface area contributed by atoms with Crippen molar-refractivity contribution in [3.63, 3.8) is 0 Å². The predicted molar refractivity (Wildman–Crippen MR) is 69.9 cm³/mol. The molecule has 2 rings (SSSR count). The topological polar surface area (TPSA) is 0 Å². The molecule has 0 fully saturated rings. The summed E-state index contributed by atoms with van der Waals surface area (Å²) in [6.07, 6.45) is 0. The van der Waals surface area contributed by atoms with Gasteiger partial charge in [0.1, 0.15) is 0 Å². The largest absolute Gasteiger partial charge is 0.128 e. The zero-order valence-corrected chi connectivity index (χ0v) is 11.9. The van der Waals surface area contributed by atoms with Crippen LogP contribution in [0.4, 0.5) is 0 Å². The Morgan fingerprint density at radius 1 is 1.17 bits per heavy atom. The Kier molecular flexibility index (Phi) is 2.79. The predicted octanol–water partition coefficient (Wildman–Crippen LogP) is 5.03. The highest BCUT2D eigenvalue weighted by atomic mass is 127. The minimum absolute atomic E-state index is 1.17. The van der Waals surface area contributed by atoms with Crippen LogP contribution in [-0.4, -0.2) is 0 Å². The molecule has 0 radical (unpaired) electrons. The van der Waals surface area contributed by atoms with Gasteiger partial charge >= 0.3 is 0 Å². The molecule has 12 heavy (non-hydrogen) atoms. The Morgan fingerprint density at radius 3 is 2.67 bits per heavy atom. The number of thiophene rings is 1. The number of hydrogen-bond acceptors (Lipinski definition) is 1. The lowest BCUT2D eigenvalue weighted by Crippen LogP contribution is -1.71. The fourth-order valence-electron chi connectivity index (χ4n) is 1.00. The van der Waals surface area contributed by atoms with E-state index in [1.54, 1.807) is 11.3 Å². The first kappa shape index (κ1) is 9.43. The number of fused-ring (bicyclic) bond motifs is 1. The van der Waals surface area contributed by atoms with Gasteiger partial charge in [-0.15, -0.1) is 11.3 Å². The molecule has 1 aromatic heterocycles. The van der Waals surface area contributed by atoms with Gasteiger partial charge in [-0.1, -0.05) is 0 Å². The average Bonchev–Trinajstić information content (AvgIpc) is 2.30. The molecule has 1 aromatic carbocycles. The van der Waals surface area contributed by atoms with E-state index in [0.29, 0.717) is 0 Å². The van der Waals surface area contributed by atoms with Crippen molar-refractivity contribution in [3.05, 3.63) is 30.0 Å². The quantitative estimate of drug-likeness (QED) is 0.527. The third-order valence-corrected chi connectivity index (χ3v) is 5.42. The van der Waals surface area contributed by atoms with E-state index in [2.05, 4.69) is 72.6 Å². The third-order valence-electron chi connectivity index (χ3n) is 1.53. The zero-order chi connectivity index (χ0) is 8.72. The molecular weight excluding hydrogens is 415 g/mol. The number of benzene rings is 1. The fraction of sp³-hybridized carbons (Fsp3) is 0. The van der Waals surface area contributed by atoms with E-state index in [9.17, 15) is 0 Å². The van der Waals surface area contributed by atoms with E-state index in [1.807, 2.05) is 0 Å².